The molecule has 0 radical (unpaired) electrons. The second-order valence-electron chi connectivity index (χ2n) is 4.44. The van der Waals surface area contributed by atoms with Crippen LogP contribution in [0.15, 0.2) is 24.3 Å². The fourth-order valence-corrected chi connectivity index (χ4v) is 1.40. The second-order valence-corrected chi connectivity index (χ2v) is 4.44. The fraction of sp³-hybridized carbons (Fsp3) is 0.500. The van der Waals surface area contributed by atoms with Crippen molar-refractivity contribution in [3.63, 3.8) is 0 Å². The van der Waals surface area contributed by atoms with Crippen LogP contribution in [0.2, 0.25) is 0 Å². The predicted molar refractivity (Wildman–Crippen MR) is 69.2 cm³/mol. The third kappa shape index (κ3) is 5.19. The van der Waals surface area contributed by atoms with E-state index in [1.807, 2.05) is 0 Å². The van der Waals surface area contributed by atoms with Gasteiger partial charge in [0.2, 0.25) is 0 Å². The van der Waals surface area contributed by atoms with Gasteiger partial charge in [0.25, 0.3) is 0 Å². The number of aromatic carboxylic acids is 1. The highest BCUT2D eigenvalue weighted by atomic mass is 16.5. The van der Waals surface area contributed by atoms with Crippen LogP contribution in [0.25, 0.3) is 0 Å². The van der Waals surface area contributed by atoms with Crippen LogP contribution in [-0.4, -0.2) is 30.9 Å². The molecule has 0 saturated carbocycles. The van der Waals surface area contributed by atoms with Crippen molar-refractivity contribution in [3.8, 4) is 5.75 Å². The third-order valence-electron chi connectivity index (χ3n) is 2.44. The first-order chi connectivity index (χ1) is 8.61. The molecule has 0 fully saturated rings. The van der Waals surface area contributed by atoms with E-state index in [0.29, 0.717) is 31.5 Å². The van der Waals surface area contributed by atoms with Gasteiger partial charge in [0.15, 0.2) is 0 Å². The number of ether oxygens (including phenoxy) is 2. The van der Waals surface area contributed by atoms with Crippen molar-refractivity contribution < 1.29 is 19.4 Å². The average molecular weight is 252 g/mol. The molecule has 18 heavy (non-hydrogen) atoms. The Bertz CT molecular complexity index is 374. The van der Waals surface area contributed by atoms with Gasteiger partial charge < -0.3 is 14.6 Å². The van der Waals surface area contributed by atoms with Crippen molar-refractivity contribution in [3.05, 3.63) is 29.8 Å². The smallest absolute Gasteiger partial charge is 0.339 e. The minimum Gasteiger partial charge on any atom is -0.490 e. The molecule has 0 aromatic heterocycles. The van der Waals surface area contributed by atoms with Gasteiger partial charge >= 0.3 is 5.97 Å². The van der Waals surface area contributed by atoms with Crippen LogP contribution in [0.3, 0.4) is 0 Å². The molecule has 4 nitrogen and oxygen atoms in total. The van der Waals surface area contributed by atoms with E-state index >= 15 is 0 Å². The third-order valence-corrected chi connectivity index (χ3v) is 2.44. The molecule has 0 amide bonds. The second kappa shape index (κ2) is 7.71. The quantitative estimate of drug-likeness (QED) is 0.723. The summed E-state index contributed by atoms with van der Waals surface area (Å²) in [5.74, 6) is 0.0300. The lowest BCUT2D eigenvalue weighted by molar-refractivity contribution is 0.0683. The van der Waals surface area contributed by atoms with Gasteiger partial charge in [-0.05, 0) is 24.5 Å². The molecule has 1 aromatic rings. The number of carboxylic acids is 1. The van der Waals surface area contributed by atoms with Gasteiger partial charge in [0, 0.05) is 6.61 Å². The number of para-hydroxylation sites is 1. The molecule has 4 heteroatoms. The number of hydrogen-bond acceptors (Lipinski definition) is 3. The molecule has 100 valence electrons. The monoisotopic (exact) mass is 252 g/mol. The average Bonchev–Trinajstić information content (AvgIpc) is 2.33. The lowest BCUT2D eigenvalue weighted by atomic mass is 10.1. The van der Waals surface area contributed by atoms with Crippen LogP contribution in [0, 0.1) is 5.92 Å². The van der Waals surface area contributed by atoms with E-state index in [0.717, 1.165) is 6.42 Å². The normalized spacial score (nSPS) is 10.6. The highest BCUT2D eigenvalue weighted by Gasteiger charge is 2.09. The molecule has 1 rings (SSSR count). The van der Waals surface area contributed by atoms with Gasteiger partial charge in [-0.3, -0.25) is 0 Å². The van der Waals surface area contributed by atoms with Gasteiger partial charge in [-0.25, -0.2) is 4.79 Å². The van der Waals surface area contributed by atoms with Crippen LogP contribution in [0.1, 0.15) is 30.6 Å². The lowest BCUT2D eigenvalue weighted by Crippen LogP contribution is -2.10. The number of rotatable bonds is 8. The summed E-state index contributed by atoms with van der Waals surface area (Å²) in [4.78, 5) is 10.9. The molecule has 1 N–H and O–H groups in total. The zero-order valence-corrected chi connectivity index (χ0v) is 10.9. The van der Waals surface area contributed by atoms with Crippen LogP contribution < -0.4 is 4.74 Å². The first-order valence-electron chi connectivity index (χ1n) is 6.14. The van der Waals surface area contributed by atoms with E-state index in [4.69, 9.17) is 14.6 Å². The molecule has 0 aliphatic rings. The van der Waals surface area contributed by atoms with Crippen molar-refractivity contribution in [2.45, 2.75) is 20.3 Å². The Labute approximate surface area is 108 Å². The molecule has 0 spiro atoms. The number of hydrogen-bond donors (Lipinski definition) is 1. The maximum absolute atomic E-state index is 10.9. The number of carboxylic acid groups (broad SMARTS) is 1. The standard InChI is InChI=1S/C14H20O4/c1-11(2)7-8-17-9-10-18-13-6-4-3-5-12(13)14(15)16/h3-6,11H,7-10H2,1-2H3,(H,15,16). The maximum Gasteiger partial charge on any atom is 0.339 e. The topological polar surface area (TPSA) is 55.8 Å². The Balaban J connectivity index is 2.29. The van der Waals surface area contributed by atoms with E-state index in [9.17, 15) is 4.79 Å². The lowest BCUT2D eigenvalue weighted by Gasteiger charge is -2.10. The molecule has 0 saturated heterocycles. The Kier molecular flexibility index (Phi) is 6.22. The summed E-state index contributed by atoms with van der Waals surface area (Å²) >= 11 is 0. The highest BCUT2D eigenvalue weighted by molar-refractivity contribution is 5.90. The summed E-state index contributed by atoms with van der Waals surface area (Å²) in [5.41, 5.74) is 0.180. The summed E-state index contributed by atoms with van der Waals surface area (Å²) in [6.07, 6.45) is 1.02. The van der Waals surface area contributed by atoms with E-state index in [2.05, 4.69) is 13.8 Å². The Morgan fingerprint density at radius 1 is 1.22 bits per heavy atom. The van der Waals surface area contributed by atoms with E-state index in [-0.39, 0.29) is 5.56 Å². The molecule has 0 aliphatic heterocycles. The van der Waals surface area contributed by atoms with E-state index in [1.165, 1.54) is 6.07 Å². The van der Waals surface area contributed by atoms with Gasteiger partial charge in [-0.2, -0.15) is 0 Å². The molecule has 1 aromatic carbocycles. The summed E-state index contributed by atoms with van der Waals surface area (Å²) in [6.45, 7) is 5.83. The number of carbonyl (C=O) groups is 1. The molecule has 0 aliphatic carbocycles. The minimum atomic E-state index is -0.980. The van der Waals surface area contributed by atoms with Gasteiger partial charge in [0.1, 0.15) is 17.9 Å². The summed E-state index contributed by atoms with van der Waals surface area (Å²) in [5, 5.41) is 8.96. The Morgan fingerprint density at radius 3 is 2.61 bits per heavy atom. The van der Waals surface area contributed by atoms with Gasteiger partial charge in [-0.15, -0.1) is 0 Å². The first-order valence-corrected chi connectivity index (χ1v) is 6.14. The van der Waals surface area contributed by atoms with Crippen molar-refractivity contribution >= 4 is 5.97 Å². The highest BCUT2D eigenvalue weighted by Crippen LogP contribution is 2.17. The van der Waals surface area contributed by atoms with Crippen LogP contribution in [0.5, 0.6) is 5.75 Å². The first kappa shape index (κ1) is 14.5. The molecule has 0 heterocycles. The van der Waals surface area contributed by atoms with Crippen molar-refractivity contribution in [1.29, 1.82) is 0 Å². The Hall–Kier alpha value is -1.55. The fourth-order valence-electron chi connectivity index (χ4n) is 1.40. The van der Waals surface area contributed by atoms with E-state index < -0.39 is 5.97 Å². The Morgan fingerprint density at radius 2 is 1.94 bits per heavy atom. The van der Waals surface area contributed by atoms with Crippen molar-refractivity contribution in [1.82, 2.24) is 0 Å². The number of benzene rings is 1. The summed E-state index contributed by atoms with van der Waals surface area (Å²) in [6, 6.07) is 6.60. The molecule has 0 atom stereocenters. The minimum absolute atomic E-state index is 0.180. The van der Waals surface area contributed by atoms with Crippen molar-refractivity contribution in [2.24, 2.45) is 5.92 Å². The molecular weight excluding hydrogens is 232 g/mol. The predicted octanol–water partition coefficient (Wildman–Crippen LogP) is 2.83. The largest absolute Gasteiger partial charge is 0.490 e. The van der Waals surface area contributed by atoms with Crippen LogP contribution >= 0.6 is 0 Å². The van der Waals surface area contributed by atoms with Gasteiger partial charge in [-0.1, -0.05) is 26.0 Å². The van der Waals surface area contributed by atoms with Crippen LogP contribution in [-0.2, 0) is 4.74 Å². The molecule has 0 bridgehead atoms. The molecular formula is C14H20O4. The molecule has 0 unspecified atom stereocenters. The summed E-state index contributed by atoms with van der Waals surface area (Å²) in [7, 11) is 0. The zero-order valence-electron chi connectivity index (χ0n) is 10.9. The maximum atomic E-state index is 10.9. The van der Waals surface area contributed by atoms with Gasteiger partial charge in [0.05, 0.1) is 6.61 Å². The summed E-state index contributed by atoms with van der Waals surface area (Å²) < 4.78 is 10.8. The SMILES string of the molecule is CC(C)CCOCCOc1ccccc1C(=O)O. The van der Waals surface area contributed by atoms with E-state index in [1.54, 1.807) is 18.2 Å². The van der Waals surface area contributed by atoms with Crippen molar-refractivity contribution in [2.75, 3.05) is 19.8 Å². The zero-order chi connectivity index (χ0) is 13.4. The van der Waals surface area contributed by atoms with Crippen LogP contribution in [0.4, 0.5) is 0 Å².